The number of nitrogens with zero attached hydrogens (tertiary/aromatic N) is 2. The van der Waals surface area contributed by atoms with Gasteiger partial charge in [0, 0.05) is 22.6 Å². The van der Waals surface area contributed by atoms with Crippen molar-refractivity contribution in [3.05, 3.63) is 56.5 Å². The summed E-state index contributed by atoms with van der Waals surface area (Å²) in [7, 11) is 0. The Hall–Kier alpha value is -1.37. The number of hydrogen-bond donors (Lipinski definition) is 0. The molecule has 1 aromatic carbocycles. The maximum Gasteiger partial charge on any atom is 0.267 e. The van der Waals surface area contributed by atoms with E-state index >= 15 is 0 Å². The number of aromatic nitrogens is 2. The fraction of sp³-hybridized carbons (Fsp3) is 0.231. The molecule has 0 atom stereocenters. The van der Waals surface area contributed by atoms with E-state index in [1.54, 1.807) is 12.3 Å². The van der Waals surface area contributed by atoms with E-state index in [1.807, 2.05) is 30.3 Å². The third-order valence-electron chi connectivity index (χ3n) is 2.36. The summed E-state index contributed by atoms with van der Waals surface area (Å²) in [6.45, 7) is 1.15. The summed E-state index contributed by atoms with van der Waals surface area (Å²) in [5.41, 5.74) is -0.0680. The maximum absolute atomic E-state index is 11.6. The van der Waals surface area contributed by atoms with Gasteiger partial charge >= 0.3 is 0 Å². The molecule has 18 heavy (non-hydrogen) atoms. The molecule has 0 radical (unpaired) electrons. The minimum Gasteiger partial charge on any atom is -0.494 e. The predicted octanol–water partition coefficient (Wildman–Crippen LogP) is 2.32. The van der Waals surface area contributed by atoms with Gasteiger partial charge in [0.25, 0.3) is 5.56 Å². The largest absolute Gasteiger partial charge is 0.494 e. The summed E-state index contributed by atoms with van der Waals surface area (Å²) >= 11 is 2.07. The highest BCUT2D eigenvalue weighted by molar-refractivity contribution is 14.1. The van der Waals surface area contributed by atoms with Crippen LogP contribution in [-0.4, -0.2) is 16.4 Å². The summed E-state index contributed by atoms with van der Waals surface area (Å²) in [6, 6.07) is 11.2. The van der Waals surface area contributed by atoms with Crippen LogP contribution in [0, 0.1) is 3.57 Å². The van der Waals surface area contributed by atoms with Gasteiger partial charge in [-0.2, -0.15) is 5.10 Å². The quantitative estimate of drug-likeness (QED) is 0.610. The van der Waals surface area contributed by atoms with Crippen LogP contribution in [0.1, 0.15) is 6.42 Å². The number of benzene rings is 1. The van der Waals surface area contributed by atoms with Crippen molar-refractivity contribution in [2.45, 2.75) is 13.0 Å². The van der Waals surface area contributed by atoms with E-state index in [0.717, 1.165) is 15.7 Å². The lowest BCUT2D eigenvalue weighted by atomic mass is 10.3. The molecule has 0 aliphatic carbocycles. The Morgan fingerprint density at radius 2 is 2.06 bits per heavy atom. The smallest absolute Gasteiger partial charge is 0.267 e. The van der Waals surface area contributed by atoms with Crippen LogP contribution in [0.4, 0.5) is 0 Å². The lowest BCUT2D eigenvalue weighted by Crippen LogP contribution is -2.23. The van der Waals surface area contributed by atoms with Crippen LogP contribution in [-0.2, 0) is 6.54 Å². The summed E-state index contributed by atoms with van der Waals surface area (Å²) in [6.07, 6.45) is 2.43. The molecule has 0 bridgehead atoms. The second-order valence-electron chi connectivity index (χ2n) is 3.75. The fourth-order valence-corrected chi connectivity index (χ4v) is 1.89. The molecule has 0 fully saturated rings. The normalized spacial score (nSPS) is 10.3. The molecule has 5 heteroatoms. The van der Waals surface area contributed by atoms with Crippen LogP contribution < -0.4 is 10.3 Å². The lowest BCUT2D eigenvalue weighted by molar-refractivity contribution is 0.297. The summed E-state index contributed by atoms with van der Waals surface area (Å²) in [5, 5.41) is 4.06. The third kappa shape index (κ3) is 3.83. The Morgan fingerprint density at radius 3 is 2.78 bits per heavy atom. The molecule has 4 nitrogen and oxygen atoms in total. The first-order valence-corrected chi connectivity index (χ1v) is 6.74. The minimum atomic E-state index is -0.0680. The molecule has 0 spiro atoms. The molecule has 0 saturated carbocycles. The Bertz CT molecular complexity index is 554. The molecule has 0 aliphatic heterocycles. The second-order valence-corrected chi connectivity index (χ2v) is 5.00. The average molecular weight is 356 g/mol. The van der Waals surface area contributed by atoms with Crippen LogP contribution in [0.3, 0.4) is 0 Å². The van der Waals surface area contributed by atoms with Gasteiger partial charge in [0.15, 0.2) is 0 Å². The van der Waals surface area contributed by atoms with E-state index in [-0.39, 0.29) is 5.56 Å². The summed E-state index contributed by atoms with van der Waals surface area (Å²) in [4.78, 5) is 11.6. The molecule has 94 valence electrons. The lowest BCUT2D eigenvalue weighted by Gasteiger charge is -2.06. The molecule has 0 saturated heterocycles. The number of aryl methyl sites for hydroxylation is 1. The van der Waals surface area contributed by atoms with E-state index in [2.05, 4.69) is 27.7 Å². The van der Waals surface area contributed by atoms with Crippen molar-refractivity contribution < 1.29 is 4.74 Å². The van der Waals surface area contributed by atoms with Crippen molar-refractivity contribution >= 4 is 22.6 Å². The van der Waals surface area contributed by atoms with Gasteiger partial charge in [0.05, 0.1) is 12.8 Å². The van der Waals surface area contributed by atoms with Gasteiger partial charge in [0.1, 0.15) is 5.75 Å². The minimum absolute atomic E-state index is 0.0680. The third-order valence-corrected chi connectivity index (χ3v) is 2.95. The van der Waals surface area contributed by atoms with E-state index in [4.69, 9.17) is 4.74 Å². The van der Waals surface area contributed by atoms with Crippen molar-refractivity contribution in [3.63, 3.8) is 0 Å². The van der Waals surface area contributed by atoms with Gasteiger partial charge in [-0.15, -0.1) is 0 Å². The molecular weight excluding hydrogens is 343 g/mol. The number of para-hydroxylation sites is 1. The first kappa shape index (κ1) is 13.1. The van der Waals surface area contributed by atoms with Crippen molar-refractivity contribution in [1.82, 2.24) is 9.78 Å². The van der Waals surface area contributed by atoms with Crippen molar-refractivity contribution in [3.8, 4) is 5.75 Å². The molecule has 0 aliphatic rings. The molecule has 0 amide bonds. The van der Waals surface area contributed by atoms with E-state index < -0.39 is 0 Å². The first-order valence-electron chi connectivity index (χ1n) is 5.66. The van der Waals surface area contributed by atoms with Crippen molar-refractivity contribution in [2.24, 2.45) is 0 Å². The molecule has 0 N–H and O–H groups in total. The fourth-order valence-electron chi connectivity index (χ4n) is 1.50. The topological polar surface area (TPSA) is 44.1 Å². The van der Waals surface area contributed by atoms with Gasteiger partial charge < -0.3 is 4.74 Å². The van der Waals surface area contributed by atoms with Gasteiger partial charge in [0.2, 0.25) is 0 Å². The average Bonchev–Trinajstić information content (AvgIpc) is 2.38. The monoisotopic (exact) mass is 356 g/mol. The summed E-state index contributed by atoms with van der Waals surface area (Å²) in [5.74, 6) is 0.848. The molecule has 1 aromatic heterocycles. The standard InChI is InChI=1S/C13H13IN2O2/c14-11-9-13(17)16(15-10-11)7-4-8-18-12-5-2-1-3-6-12/h1-3,5-6,9-10H,4,7-8H2. The molecular formula is C13H13IN2O2. The Labute approximate surface area is 119 Å². The van der Waals surface area contributed by atoms with Gasteiger partial charge in [-0.05, 0) is 34.7 Å². The van der Waals surface area contributed by atoms with Gasteiger partial charge in [-0.25, -0.2) is 4.68 Å². The Morgan fingerprint density at radius 1 is 1.28 bits per heavy atom. The maximum atomic E-state index is 11.6. The van der Waals surface area contributed by atoms with E-state index in [9.17, 15) is 4.79 Å². The number of rotatable bonds is 5. The van der Waals surface area contributed by atoms with Crippen molar-refractivity contribution in [1.29, 1.82) is 0 Å². The van der Waals surface area contributed by atoms with Crippen LogP contribution >= 0.6 is 22.6 Å². The second kappa shape index (κ2) is 6.53. The van der Waals surface area contributed by atoms with Crippen LogP contribution in [0.2, 0.25) is 0 Å². The summed E-state index contributed by atoms with van der Waals surface area (Å²) < 4.78 is 7.86. The predicted molar refractivity (Wildman–Crippen MR) is 77.8 cm³/mol. The highest BCUT2D eigenvalue weighted by Gasteiger charge is 1.98. The first-order chi connectivity index (χ1) is 8.75. The highest BCUT2D eigenvalue weighted by Crippen LogP contribution is 2.08. The number of halogens is 1. The SMILES string of the molecule is O=c1cc(I)cnn1CCCOc1ccccc1. The van der Waals surface area contributed by atoms with Gasteiger partial charge in [-0.1, -0.05) is 18.2 Å². The zero-order valence-corrected chi connectivity index (χ0v) is 11.9. The molecule has 0 unspecified atom stereocenters. The van der Waals surface area contributed by atoms with E-state index in [1.165, 1.54) is 4.68 Å². The van der Waals surface area contributed by atoms with Crippen LogP contribution in [0.25, 0.3) is 0 Å². The number of hydrogen-bond acceptors (Lipinski definition) is 3. The van der Waals surface area contributed by atoms with Crippen LogP contribution in [0.5, 0.6) is 5.75 Å². The van der Waals surface area contributed by atoms with Crippen molar-refractivity contribution in [2.75, 3.05) is 6.61 Å². The zero-order valence-electron chi connectivity index (χ0n) is 9.75. The Kier molecular flexibility index (Phi) is 4.74. The van der Waals surface area contributed by atoms with Crippen LogP contribution in [0.15, 0.2) is 47.4 Å². The van der Waals surface area contributed by atoms with E-state index in [0.29, 0.717) is 13.2 Å². The molecule has 1 heterocycles. The molecule has 2 rings (SSSR count). The Balaban J connectivity index is 1.80. The molecule has 2 aromatic rings. The zero-order chi connectivity index (χ0) is 12.8. The van der Waals surface area contributed by atoms with Gasteiger partial charge in [-0.3, -0.25) is 4.79 Å². The number of ether oxygens (including phenoxy) is 1. The highest BCUT2D eigenvalue weighted by atomic mass is 127.